The number of carbonyl (C=O) groups excluding carboxylic acids is 1. The predicted molar refractivity (Wildman–Crippen MR) is 71.8 cm³/mol. The van der Waals surface area contributed by atoms with E-state index in [1.807, 2.05) is 20.8 Å². The average Bonchev–Trinajstić information content (AvgIpc) is 2.53. The molecule has 0 aromatic rings. The molecule has 110 valence electrons. The molecule has 1 heterocycles. The lowest BCUT2D eigenvalue weighted by molar-refractivity contribution is -0.155. The van der Waals surface area contributed by atoms with E-state index in [0.29, 0.717) is 19.7 Å². The summed E-state index contributed by atoms with van der Waals surface area (Å²) in [6.07, 6.45) is 0.871. The average molecular weight is 271 g/mol. The summed E-state index contributed by atoms with van der Waals surface area (Å²) in [6.45, 7) is 9.13. The Morgan fingerprint density at radius 1 is 1.47 bits per heavy atom. The number of rotatable bonds is 4. The number of carboxylic acids is 1. The highest BCUT2D eigenvalue weighted by Crippen LogP contribution is 2.32. The van der Waals surface area contributed by atoms with Crippen molar-refractivity contribution in [3.05, 3.63) is 0 Å². The molecule has 5 heteroatoms. The highest BCUT2D eigenvalue weighted by Gasteiger charge is 2.40. The van der Waals surface area contributed by atoms with Crippen LogP contribution in [0.1, 0.15) is 40.5 Å². The molecule has 1 amide bonds. The normalized spacial score (nSPS) is 23.8. The fourth-order valence-corrected chi connectivity index (χ4v) is 2.17. The molecule has 5 nitrogen and oxygen atoms in total. The number of amides is 1. The van der Waals surface area contributed by atoms with E-state index >= 15 is 0 Å². The van der Waals surface area contributed by atoms with Crippen molar-refractivity contribution in [2.75, 3.05) is 19.7 Å². The Morgan fingerprint density at radius 3 is 2.63 bits per heavy atom. The molecular weight excluding hydrogens is 246 g/mol. The van der Waals surface area contributed by atoms with Crippen molar-refractivity contribution >= 4 is 11.9 Å². The first-order chi connectivity index (χ1) is 8.77. The summed E-state index contributed by atoms with van der Waals surface area (Å²) >= 11 is 0. The molecule has 0 aromatic heterocycles. The summed E-state index contributed by atoms with van der Waals surface area (Å²) in [7, 11) is 0. The number of ether oxygens (including phenoxy) is 1. The molecule has 0 aliphatic carbocycles. The van der Waals surface area contributed by atoms with Gasteiger partial charge in [-0.05, 0) is 26.2 Å². The summed E-state index contributed by atoms with van der Waals surface area (Å²) in [5.74, 6) is -1.08. The first kappa shape index (κ1) is 16.0. The van der Waals surface area contributed by atoms with Crippen LogP contribution < -0.4 is 0 Å². The van der Waals surface area contributed by atoms with Gasteiger partial charge in [0.25, 0.3) is 0 Å². The summed E-state index contributed by atoms with van der Waals surface area (Å²) in [4.78, 5) is 25.5. The van der Waals surface area contributed by atoms with Crippen LogP contribution in [-0.4, -0.2) is 47.7 Å². The van der Waals surface area contributed by atoms with E-state index in [2.05, 4.69) is 0 Å². The van der Waals surface area contributed by atoms with Crippen LogP contribution in [0.3, 0.4) is 0 Å². The van der Waals surface area contributed by atoms with Crippen LogP contribution in [0, 0.1) is 11.3 Å². The number of carbonyl (C=O) groups is 2. The van der Waals surface area contributed by atoms with Crippen LogP contribution >= 0.6 is 0 Å². The zero-order valence-corrected chi connectivity index (χ0v) is 12.3. The molecule has 2 atom stereocenters. The lowest BCUT2D eigenvalue weighted by atomic mass is 9.76. The topological polar surface area (TPSA) is 66.8 Å². The van der Waals surface area contributed by atoms with Gasteiger partial charge in [0.1, 0.15) is 0 Å². The van der Waals surface area contributed by atoms with Crippen LogP contribution in [0.4, 0.5) is 0 Å². The molecule has 0 radical (unpaired) electrons. The molecule has 0 saturated carbocycles. The first-order valence-corrected chi connectivity index (χ1v) is 6.90. The third-order valence-corrected chi connectivity index (χ3v) is 4.09. The summed E-state index contributed by atoms with van der Waals surface area (Å²) in [5.41, 5.74) is -1.01. The molecule has 0 spiro atoms. The van der Waals surface area contributed by atoms with E-state index in [-0.39, 0.29) is 24.3 Å². The minimum absolute atomic E-state index is 0.0154. The fraction of sp³-hybridized carbons (Fsp3) is 0.857. The van der Waals surface area contributed by atoms with E-state index in [9.17, 15) is 14.7 Å². The number of hydrogen-bond donors (Lipinski definition) is 1. The van der Waals surface area contributed by atoms with Crippen molar-refractivity contribution in [3.8, 4) is 0 Å². The Bertz CT molecular complexity index is 342. The Balaban J connectivity index is 2.74. The van der Waals surface area contributed by atoms with Crippen LogP contribution in [0.5, 0.6) is 0 Å². The number of nitrogens with zero attached hydrogens (tertiary/aromatic N) is 1. The highest BCUT2D eigenvalue weighted by atomic mass is 16.5. The highest BCUT2D eigenvalue weighted by molar-refractivity contribution is 5.85. The van der Waals surface area contributed by atoms with Gasteiger partial charge in [0.05, 0.1) is 11.5 Å². The van der Waals surface area contributed by atoms with Crippen molar-refractivity contribution in [1.29, 1.82) is 0 Å². The Hall–Kier alpha value is -1.10. The molecule has 1 fully saturated rings. The van der Waals surface area contributed by atoms with Crippen LogP contribution in [0.25, 0.3) is 0 Å². The van der Waals surface area contributed by atoms with Gasteiger partial charge in [0.2, 0.25) is 5.91 Å². The molecule has 0 bridgehead atoms. The molecule has 19 heavy (non-hydrogen) atoms. The van der Waals surface area contributed by atoms with Gasteiger partial charge in [-0.3, -0.25) is 9.59 Å². The van der Waals surface area contributed by atoms with Crippen molar-refractivity contribution < 1.29 is 19.4 Å². The van der Waals surface area contributed by atoms with Crippen molar-refractivity contribution in [3.63, 3.8) is 0 Å². The van der Waals surface area contributed by atoms with Gasteiger partial charge >= 0.3 is 5.97 Å². The van der Waals surface area contributed by atoms with Gasteiger partial charge < -0.3 is 14.7 Å². The second-order valence-electron chi connectivity index (χ2n) is 5.93. The first-order valence-electron chi connectivity index (χ1n) is 6.90. The minimum atomic E-state index is -1.01. The molecule has 1 aliphatic rings. The van der Waals surface area contributed by atoms with Gasteiger partial charge in [-0.1, -0.05) is 13.8 Å². The van der Waals surface area contributed by atoms with E-state index < -0.39 is 11.4 Å². The SMILES string of the molecule is CC1CN(C(=O)CC(C)(C(=O)O)C(C)C)CCCO1. The maximum Gasteiger partial charge on any atom is 0.310 e. The molecule has 1 saturated heterocycles. The van der Waals surface area contributed by atoms with Gasteiger partial charge in [-0.2, -0.15) is 0 Å². The van der Waals surface area contributed by atoms with Gasteiger partial charge in [-0.15, -0.1) is 0 Å². The summed E-state index contributed by atoms with van der Waals surface area (Å²) in [5, 5.41) is 9.36. The maximum absolute atomic E-state index is 12.3. The van der Waals surface area contributed by atoms with E-state index in [4.69, 9.17) is 4.74 Å². The largest absolute Gasteiger partial charge is 0.481 e. The second kappa shape index (κ2) is 6.37. The van der Waals surface area contributed by atoms with Crippen molar-refractivity contribution in [2.24, 2.45) is 11.3 Å². The second-order valence-corrected chi connectivity index (χ2v) is 5.93. The number of carboxylic acid groups (broad SMARTS) is 1. The third-order valence-electron chi connectivity index (χ3n) is 4.09. The maximum atomic E-state index is 12.3. The smallest absolute Gasteiger partial charge is 0.310 e. The molecule has 1 aliphatic heterocycles. The summed E-state index contributed by atoms with van der Waals surface area (Å²) < 4.78 is 5.50. The molecule has 0 aromatic carbocycles. The monoisotopic (exact) mass is 271 g/mol. The summed E-state index contributed by atoms with van der Waals surface area (Å²) in [6, 6.07) is 0. The van der Waals surface area contributed by atoms with Gasteiger partial charge in [0, 0.05) is 26.1 Å². The zero-order chi connectivity index (χ0) is 14.6. The minimum Gasteiger partial charge on any atom is -0.481 e. The van der Waals surface area contributed by atoms with Gasteiger partial charge in [-0.25, -0.2) is 0 Å². The van der Waals surface area contributed by atoms with Crippen molar-refractivity contribution in [1.82, 2.24) is 4.90 Å². The lowest BCUT2D eigenvalue weighted by Gasteiger charge is -2.31. The van der Waals surface area contributed by atoms with Crippen LogP contribution in [-0.2, 0) is 14.3 Å². The van der Waals surface area contributed by atoms with Crippen LogP contribution in [0.2, 0.25) is 0 Å². The van der Waals surface area contributed by atoms with Gasteiger partial charge in [0.15, 0.2) is 0 Å². The number of hydrogen-bond acceptors (Lipinski definition) is 3. The standard InChI is InChI=1S/C14H25NO4/c1-10(2)14(4,13(17)18)8-12(16)15-6-5-7-19-11(3)9-15/h10-11H,5-9H2,1-4H3,(H,17,18). The number of aliphatic carboxylic acids is 1. The van der Waals surface area contributed by atoms with E-state index in [1.54, 1.807) is 11.8 Å². The van der Waals surface area contributed by atoms with E-state index in [1.165, 1.54) is 0 Å². The lowest BCUT2D eigenvalue weighted by Crippen LogP contribution is -2.42. The zero-order valence-electron chi connectivity index (χ0n) is 12.3. The third kappa shape index (κ3) is 3.93. The van der Waals surface area contributed by atoms with Crippen LogP contribution in [0.15, 0.2) is 0 Å². The quantitative estimate of drug-likeness (QED) is 0.846. The molecule has 1 N–H and O–H groups in total. The molecular formula is C14H25NO4. The Labute approximate surface area is 114 Å². The molecule has 2 unspecified atom stereocenters. The molecule has 1 rings (SSSR count). The fourth-order valence-electron chi connectivity index (χ4n) is 2.17. The van der Waals surface area contributed by atoms with Crippen molar-refractivity contribution in [2.45, 2.75) is 46.6 Å². The Kier molecular flexibility index (Phi) is 5.35. The Morgan fingerprint density at radius 2 is 2.11 bits per heavy atom. The predicted octanol–water partition coefficient (Wildman–Crippen LogP) is 1.76. The van der Waals surface area contributed by atoms with E-state index in [0.717, 1.165) is 6.42 Å².